The van der Waals surface area contributed by atoms with Crippen molar-refractivity contribution < 1.29 is 19.4 Å². The Morgan fingerprint density at radius 1 is 1.20 bits per heavy atom. The van der Waals surface area contributed by atoms with Crippen molar-refractivity contribution in [2.45, 2.75) is 26.2 Å². The van der Waals surface area contributed by atoms with E-state index in [0.717, 1.165) is 44.8 Å². The molecule has 1 N–H and O–H groups in total. The molecular formula is C18H25N3O4. The number of aromatic carboxylic acids is 1. The van der Waals surface area contributed by atoms with Gasteiger partial charge >= 0.3 is 5.97 Å². The average molecular weight is 347 g/mol. The van der Waals surface area contributed by atoms with E-state index >= 15 is 0 Å². The molecule has 1 atom stereocenters. The maximum absolute atomic E-state index is 12.9. The summed E-state index contributed by atoms with van der Waals surface area (Å²) in [6, 6.07) is 3.30. The standard InChI is InChI=1S/C18H25N3O4/c1-18(6-2-11-25-13-18)17(24)21-8-3-7-20(9-10-21)15-5-4-14(12-19-15)16(22)23/h4-5,12H,2-3,6-11,13H2,1H3,(H,22,23). The molecule has 0 aliphatic carbocycles. The maximum Gasteiger partial charge on any atom is 0.337 e. The number of carbonyl (C=O) groups excluding carboxylic acids is 1. The van der Waals surface area contributed by atoms with Crippen LogP contribution in [0.25, 0.3) is 0 Å². The number of hydrogen-bond acceptors (Lipinski definition) is 5. The Bertz CT molecular complexity index is 626. The van der Waals surface area contributed by atoms with Crippen molar-refractivity contribution in [1.29, 1.82) is 0 Å². The van der Waals surface area contributed by atoms with E-state index in [-0.39, 0.29) is 11.5 Å². The summed E-state index contributed by atoms with van der Waals surface area (Å²) in [6.07, 6.45) is 4.06. The SMILES string of the molecule is CC1(C(=O)N2CCCN(c3ccc(C(=O)O)cn3)CC2)CCCOC1. The van der Waals surface area contributed by atoms with Gasteiger partial charge < -0.3 is 19.6 Å². The molecule has 1 amide bonds. The lowest BCUT2D eigenvalue weighted by molar-refractivity contribution is -0.148. The van der Waals surface area contributed by atoms with E-state index in [4.69, 9.17) is 9.84 Å². The lowest BCUT2D eigenvalue weighted by atomic mass is 9.83. The normalized spacial score (nSPS) is 24.7. The first-order chi connectivity index (χ1) is 12.0. The van der Waals surface area contributed by atoms with Crippen LogP contribution in [0.2, 0.25) is 0 Å². The third kappa shape index (κ3) is 3.92. The van der Waals surface area contributed by atoms with Crippen molar-refractivity contribution in [2.24, 2.45) is 5.41 Å². The number of carboxylic acids is 1. The van der Waals surface area contributed by atoms with Gasteiger partial charge in [0, 0.05) is 39.0 Å². The molecule has 0 aromatic carbocycles. The maximum atomic E-state index is 12.9. The summed E-state index contributed by atoms with van der Waals surface area (Å²) in [5, 5.41) is 8.97. The lowest BCUT2D eigenvalue weighted by Gasteiger charge is -2.36. The van der Waals surface area contributed by atoms with Gasteiger partial charge in [0.2, 0.25) is 5.91 Å². The van der Waals surface area contributed by atoms with Gasteiger partial charge in [-0.3, -0.25) is 4.79 Å². The number of carboxylic acid groups (broad SMARTS) is 1. The fourth-order valence-corrected chi connectivity index (χ4v) is 3.53. The molecule has 0 saturated carbocycles. The second-order valence-corrected chi connectivity index (χ2v) is 7.06. The quantitative estimate of drug-likeness (QED) is 0.895. The number of ether oxygens (including phenoxy) is 1. The van der Waals surface area contributed by atoms with Crippen LogP contribution < -0.4 is 4.90 Å². The van der Waals surface area contributed by atoms with Crippen LogP contribution in [0.15, 0.2) is 18.3 Å². The Morgan fingerprint density at radius 3 is 2.68 bits per heavy atom. The molecule has 1 aromatic heterocycles. The molecule has 7 heteroatoms. The van der Waals surface area contributed by atoms with Crippen LogP contribution in [0.4, 0.5) is 5.82 Å². The molecule has 1 aromatic rings. The van der Waals surface area contributed by atoms with Crippen molar-refractivity contribution in [3.05, 3.63) is 23.9 Å². The predicted molar refractivity (Wildman–Crippen MR) is 92.8 cm³/mol. The van der Waals surface area contributed by atoms with Gasteiger partial charge in [0.05, 0.1) is 17.6 Å². The summed E-state index contributed by atoms with van der Waals surface area (Å²) in [6.45, 7) is 6.13. The highest BCUT2D eigenvalue weighted by Gasteiger charge is 2.38. The highest BCUT2D eigenvalue weighted by Crippen LogP contribution is 2.30. The summed E-state index contributed by atoms with van der Waals surface area (Å²) in [5.41, 5.74) is -0.227. The molecule has 25 heavy (non-hydrogen) atoms. The fraction of sp³-hybridized carbons (Fsp3) is 0.611. The molecule has 2 saturated heterocycles. The number of hydrogen-bond donors (Lipinski definition) is 1. The number of amides is 1. The van der Waals surface area contributed by atoms with Gasteiger partial charge in [0.1, 0.15) is 5.82 Å². The molecule has 0 radical (unpaired) electrons. The minimum atomic E-state index is -0.977. The molecule has 1 unspecified atom stereocenters. The molecule has 2 aliphatic heterocycles. The van der Waals surface area contributed by atoms with E-state index in [9.17, 15) is 9.59 Å². The first-order valence-electron chi connectivity index (χ1n) is 8.81. The summed E-state index contributed by atoms with van der Waals surface area (Å²) in [5.74, 6) is -0.0376. The predicted octanol–water partition coefficient (Wildman–Crippen LogP) is 1.64. The highest BCUT2D eigenvalue weighted by molar-refractivity contribution is 5.87. The van der Waals surface area contributed by atoms with Crippen LogP contribution in [0, 0.1) is 5.41 Å². The number of nitrogens with zero attached hydrogens (tertiary/aromatic N) is 3. The molecule has 136 valence electrons. The van der Waals surface area contributed by atoms with Crippen LogP contribution in [0.5, 0.6) is 0 Å². The van der Waals surface area contributed by atoms with Crippen LogP contribution in [-0.4, -0.2) is 66.3 Å². The van der Waals surface area contributed by atoms with Crippen LogP contribution in [0.1, 0.15) is 36.5 Å². The van der Waals surface area contributed by atoms with E-state index < -0.39 is 11.4 Å². The average Bonchev–Trinajstić information content (AvgIpc) is 2.88. The molecule has 2 fully saturated rings. The van der Waals surface area contributed by atoms with E-state index in [1.165, 1.54) is 6.20 Å². The van der Waals surface area contributed by atoms with Gasteiger partial charge in [-0.1, -0.05) is 0 Å². The van der Waals surface area contributed by atoms with Gasteiger partial charge in [-0.05, 0) is 38.3 Å². The Labute approximate surface area is 147 Å². The minimum absolute atomic E-state index is 0.181. The number of carbonyl (C=O) groups is 2. The number of aromatic nitrogens is 1. The second kappa shape index (κ2) is 7.39. The van der Waals surface area contributed by atoms with Gasteiger partial charge in [0.15, 0.2) is 0 Å². The summed E-state index contributed by atoms with van der Waals surface area (Å²) >= 11 is 0. The van der Waals surface area contributed by atoms with E-state index in [1.54, 1.807) is 12.1 Å². The Hall–Kier alpha value is -2.15. The highest BCUT2D eigenvalue weighted by atomic mass is 16.5. The lowest BCUT2D eigenvalue weighted by Crippen LogP contribution is -2.47. The Balaban J connectivity index is 1.63. The summed E-state index contributed by atoms with van der Waals surface area (Å²) in [7, 11) is 0. The van der Waals surface area contributed by atoms with Crippen LogP contribution in [-0.2, 0) is 9.53 Å². The zero-order valence-corrected chi connectivity index (χ0v) is 14.6. The monoisotopic (exact) mass is 347 g/mol. The molecule has 2 aliphatic rings. The molecule has 0 spiro atoms. The fourth-order valence-electron chi connectivity index (χ4n) is 3.53. The van der Waals surface area contributed by atoms with Crippen molar-refractivity contribution >= 4 is 17.7 Å². The Morgan fingerprint density at radius 2 is 2.04 bits per heavy atom. The molecule has 3 rings (SSSR count). The second-order valence-electron chi connectivity index (χ2n) is 7.06. The summed E-state index contributed by atoms with van der Waals surface area (Å²) < 4.78 is 5.53. The largest absolute Gasteiger partial charge is 0.478 e. The summed E-state index contributed by atoms with van der Waals surface area (Å²) in [4.78, 5) is 32.2. The van der Waals surface area contributed by atoms with Crippen molar-refractivity contribution in [1.82, 2.24) is 9.88 Å². The van der Waals surface area contributed by atoms with Gasteiger partial charge in [-0.15, -0.1) is 0 Å². The van der Waals surface area contributed by atoms with Crippen molar-refractivity contribution in [2.75, 3.05) is 44.3 Å². The van der Waals surface area contributed by atoms with Crippen LogP contribution >= 0.6 is 0 Å². The van der Waals surface area contributed by atoms with E-state index in [2.05, 4.69) is 9.88 Å². The third-order valence-corrected chi connectivity index (χ3v) is 5.06. The molecule has 7 nitrogen and oxygen atoms in total. The van der Waals surface area contributed by atoms with Crippen LogP contribution in [0.3, 0.4) is 0 Å². The first kappa shape index (κ1) is 17.7. The zero-order valence-electron chi connectivity index (χ0n) is 14.6. The smallest absolute Gasteiger partial charge is 0.337 e. The van der Waals surface area contributed by atoms with E-state index in [0.29, 0.717) is 19.7 Å². The minimum Gasteiger partial charge on any atom is -0.478 e. The topological polar surface area (TPSA) is 83.0 Å². The molecule has 3 heterocycles. The molecule has 0 bridgehead atoms. The number of pyridine rings is 1. The number of anilines is 1. The van der Waals surface area contributed by atoms with Gasteiger partial charge in [-0.2, -0.15) is 0 Å². The molecular weight excluding hydrogens is 322 g/mol. The van der Waals surface area contributed by atoms with Gasteiger partial charge in [-0.25, -0.2) is 9.78 Å². The van der Waals surface area contributed by atoms with Gasteiger partial charge in [0.25, 0.3) is 0 Å². The van der Waals surface area contributed by atoms with E-state index in [1.807, 2.05) is 11.8 Å². The zero-order chi connectivity index (χ0) is 17.9. The van der Waals surface area contributed by atoms with Crippen molar-refractivity contribution in [3.8, 4) is 0 Å². The Kier molecular flexibility index (Phi) is 5.22. The first-order valence-corrected chi connectivity index (χ1v) is 8.81. The number of rotatable bonds is 3. The van der Waals surface area contributed by atoms with Crippen molar-refractivity contribution in [3.63, 3.8) is 0 Å². The third-order valence-electron chi connectivity index (χ3n) is 5.06.